The van der Waals surface area contributed by atoms with Crippen LogP contribution in [0.5, 0.6) is 0 Å². The molecule has 11 heavy (non-hydrogen) atoms. The van der Waals surface area contributed by atoms with Gasteiger partial charge in [0.1, 0.15) is 0 Å². The first-order chi connectivity index (χ1) is 5.07. The van der Waals surface area contributed by atoms with Crippen LogP contribution in [0.15, 0.2) is 0 Å². The highest BCUT2D eigenvalue weighted by Gasteiger charge is 2.19. The molecule has 0 radical (unpaired) electrons. The molecule has 0 aromatic heterocycles. The Morgan fingerprint density at radius 2 is 2.18 bits per heavy atom. The molecule has 62 valence electrons. The molecule has 1 atom stereocenters. The lowest BCUT2D eigenvalue weighted by molar-refractivity contribution is -0.151. The minimum Gasteiger partial charge on any atom is -0.481 e. The zero-order valence-electron chi connectivity index (χ0n) is 5.48. The molecular weight excluding hydrogens is 154 g/mol. The van der Waals surface area contributed by atoms with Gasteiger partial charge in [-0.05, 0) is 0 Å². The number of hydrogen-bond donors (Lipinski definition) is 3. The molecule has 0 saturated heterocycles. The van der Waals surface area contributed by atoms with Crippen LogP contribution in [-0.4, -0.2) is 34.7 Å². The van der Waals surface area contributed by atoms with E-state index in [0.29, 0.717) is 6.40 Å². The van der Waals surface area contributed by atoms with Gasteiger partial charge >= 0.3 is 11.9 Å². The first-order valence-corrected chi connectivity index (χ1v) is 2.67. The Morgan fingerprint density at radius 3 is 2.55 bits per heavy atom. The van der Waals surface area contributed by atoms with Crippen LogP contribution in [0.25, 0.3) is 0 Å². The predicted molar refractivity (Wildman–Crippen MR) is 33.1 cm³/mol. The van der Waals surface area contributed by atoms with Gasteiger partial charge in [-0.2, -0.15) is 0 Å². The third kappa shape index (κ3) is 4.04. The number of esters is 1. The Balaban J connectivity index is 3.81. The van der Waals surface area contributed by atoms with Gasteiger partial charge in [0, 0.05) is 0 Å². The number of aliphatic hydroxyl groups is 1. The molecule has 0 amide bonds. The second kappa shape index (κ2) is 4.40. The standard InChI is InChI=1S/C5H7NO5/c6-2-11-5(10)3(7)1-4(8)9/h2-3,6-7H,1H2,(H,8,9)/t3-/m0/s1. The van der Waals surface area contributed by atoms with Gasteiger partial charge in [0.2, 0.25) is 0 Å². The van der Waals surface area contributed by atoms with E-state index >= 15 is 0 Å². The summed E-state index contributed by atoms with van der Waals surface area (Å²) in [5.74, 6) is -2.44. The second-order valence-corrected chi connectivity index (χ2v) is 1.67. The lowest BCUT2D eigenvalue weighted by atomic mass is 10.2. The van der Waals surface area contributed by atoms with Crippen LogP contribution >= 0.6 is 0 Å². The molecule has 0 rings (SSSR count). The third-order valence-corrected chi connectivity index (χ3v) is 0.815. The van der Waals surface area contributed by atoms with Gasteiger partial charge in [-0.25, -0.2) is 4.79 Å². The van der Waals surface area contributed by atoms with E-state index in [1.54, 1.807) is 0 Å². The molecule has 0 heterocycles. The molecule has 3 N–H and O–H groups in total. The third-order valence-electron chi connectivity index (χ3n) is 0.815. The maximum Gasteiger partial charge on any atom is 0.341 e. The average molecular weight is 161 g/mol. The van der Waals surface area contributed by atoms with Crippen molar-refractivity contribution in [3.63, 3.8) is 0 Å². The van der Waals surface area contributed by atoms with Crippen molar-refractivity contribution < 1.29 is 24.5 Å². The molecule has 0 spiro atoms. The molecule has 0 aliphatic carbocycles. The van der Waals surface area contributed by atoms with E-state index in [2.05, 4.69) is 4.74 Å². The Bertz CT molecular complexity index is 178. The van der Waals surface area contributed by atoms with Gasteiger partial charge in [0.15, 0.2) is 12.5 Å². The topological polar surface area (TPSA) is 108 Å². The molecule has 0 bridgehead atoms. The summed E-state index contributed by atoms with van der Waals surface area (Å²) in [6, 6.07) is 0. The number of nitrogens with one attached hydrogen (secondary N) is 1. The minimum absolute atomic E-state index is 0.327. The summed E-state index contributed by atoms with van der Waals surface area (Å²) in [4.78, 5) is 20.3. The van der Waals surface area contributed by atoms with Crippen molar-refractivity contribution in [3.05, 3.63) is 0 Å². The van der Waals surface area contributed by atoms with Crippen LogP contribution in [0.2, 0.25) is 0 Å². The van der Waals surface area contributed by atoms with Crippen molar-refractivity contribution in [1.29, 1.82) is 5.41 Å². The molecule has 6 heteroatoms. The van der Waals surface area contributed by atoms with Crippen molar-refractivity contribution in [2.24, 2.45) is 0 Å². The number of aliphatic carboxylic acids is 1. The summed E-state index contributed by atoms with van der Waals surface area (Å²) < 4.78 is 3.89. The van der Waals surface area contributed by atoms with Gasteiger partial charge in [-0.15, -0.1) is 0 Å². The Hall–Kier alpha value is -1.43. The molecule has 6 nitrogen and oxygen atoms in total. The molecule has 0 aliphatic heterocycles. The average Bonchev–Trinajstić information content (AvgIpc) is 1.86. The molecular formula is C5H7NO5. The summed E-state index contributed by atoms with van der Waals surface area (Å²) in [5.41, 5.74) is 0. The quantitative estimate of drug-likeness (QED) is 0.277. The minimum atomic E-state index is -1.70. The highest BCUT2D eigenvalue weighted by atomic mass is 16.5. The monoisotopic (exact) mass is 161 g/mol. The maximum absolute atomic E-state index is 10.4. The second-order valence-electron chi connectivity index (χ2n) is 1.67. The highest BCUT2D eigenvalue weighted by Crippen LogP contribution is 1.93. The SMILES string of the molecule is N=COC(=O)[C@@H](O)CC(=O)O. The smallest absolute Gasteiger partial charge is 0.341 e. The fraction of sp³-hybridized carbons (Fsp3) is 0.400. The van der Waals surface area contributed by atoms with Gasteiger partial charge in [0.05, 0.1) is 6.42 Å². The molecule has 0 unspecified atom stereocenters. The van der Waals surface area contributed by atoms with E-state index in [-0.39, 0.29) is 0 Å². The summed E-state index contributed by atoms with van der Waals surface area (Å²) in [5, 5.41) is 23.0. The summed E-state index contributed by atoms with van der Waals surface area (Å²) in [7, 11) is 0. The lowest BCUT2D eigenvalue weighted by Gasteiger charge is -2.02. The zero-order valence-corrected chi connectivity index (χ0v) is 5.48. The predicted octanol–water partition coefficient (Wildman–Crippen LogP) is -1.03. The molecule has 0 aromatic rings. The number of carboxylic acid groups (broad SMARTS) is 1. The molecule has 0 saturated carbocycles. The van der Waals surface area contributed by atoms with Crippen molar-refractivity contribution in [3.8, 4) is 0 Å². The zero-order chi connectivity index (χ0) is 8.85. The number of carbonyl (C=O) groups excluding carboxylic acids is 1. The summed E-state index contributed by atoms with van der Waals surface area (Å²) in [6.07, 6.45) is -2.09. The molecule has 0 fully saturated rings. The number of carboxylic acids is 1. The number of hydrogen-bond acceptors (Lipinski definition) is 5. The Kier molecular flexibility index (Phi) is 3.82. The summed E-state index contributed by atoms with van der Waals surface area (Å²) in [6.45, 7) is 0. The highest BCUT2D eigenvalue weighted by molar-refractivity contribution is 5.84. The van der Waals surface area contributed by atoms with E-state index in [9.17, 15) is 9.59 Å². The van der Waals surface area contributed by atoms with E-state index < -0.39 is 24.5 Å². The van der Waals surface area contributed by atoms with Gasteiger partial charge in [-0.1, -0.05) is 0 Å². The number of rotatable bonds is 4. The van der Waals surface area contributed by atoms with E-state index in [4.69, 9.17) is 15.6 Å². The van der Waals surface area contributed by atoms with Gasteiger partial charge in [0.25, 0.3) is 0 Å². The first-order valence-electron chi connectivity index (χ1n) is 2.67. The van der Waals surface area contributed by atoms with Crippen molar-refractivity contribution in [2.75, 3.05) is 0 Å². The Labute approximate surface area is 61.9 Å². The van der Waals surface area contributed by atoms with E-state index in [1.807, 2.05) is 0 Å². The van der Waals surface area contributed by atoms with Crippen LogP contribution in [-0.2, 0) is 14.3 Å². The van der Waals surface area contributed by atoms with Gasteiger partial charge in [-0.3, -0.25) is 10.2 Å². The number of aliphatic hydroxyl groups excluding tert-OH is 1. The summed E-state index contributed by atoms with van der Waals surface area (Å²) >= 11 is 0. The van der Waals surface area contributed by atoms with Crippen molar-refractivity contribution in [1.82, 2.24) is 0 Å². The largest absolute Gasteiger partial charge is 0.481 e. The van der Waals surface area contributed by atoms with Crippen LogP contribution in [0.4, 0.5) is 0 Å². The number of ether oxygens (including phenoxy) is 1. The Morgan fingerprint density at radius 1 is 1.64 bits per heavy atom. The fourth-order valence-corrected chi connectivity index (χ4v) is 0.385. The number of carbonyl (C=O) groups is 2. The van der Waals surface area contributed by atoms with Crippen molar-refractivity contribution in [2.45, 2.75) is 12.5 Å². The first kappa shape index (κ1) is 9.57. The van der Waals surface area contributed by atoms with E-state index in [0.717, 1.165) is 0 Å². The van der Waals surface area contributed by atoms with Crippen molar-refractivity contribution >= 4 is 18.3 Å². The lowest BCUT2D eigenvalue weighted by Crippen LogP contribution is -2.25. The maximum atomic E-state index is 10.4. The van der Waals surface area contributed by atoms with Crippen LogP contribution in [0.1, 0.15) is 6.42 Å². The van der Waals surface area contributed by atoms with E-state index in [1.165, 1.54) is 0 Å². The fourth-order valence-electron chi connectivity index (χ4n) is 0.385. The van der Waals surface area contributed by atoms with Crippen LogP contribution < -0.4 is 0 Å². The molecule has 0 aromatic carbocycles. The van der Waals surface area contributed by atoms with Crippen LogP contribution in [0, 0.1) is 5.41 Å². The normalized spacial score (nSPS) is 11.7. The van der Waals surface area contributed by atoms with Crippen LogP contribution in [0.3, 0.4) is 0 Å². The molecule has 0 aliphatic rings. The van der Waals surface area contributed by atoms with Gasteiger partial charge < -0.3 is 14.9 Å².